The molecule has 0 radical (unpaired) electrons. The first-order valence-corrected chi connectivity index (χ1v) is 16.0. The van der Waals surface area contributed by atoms with Crippen molar-refractivity contribution in [3.8, 4) is 16.8 Å². The zero-order chi connectivity index (χ0) is 31.2. The van der Waals surface area contributed by atoms with Crippen LogP contribution in [0.25, 0.3) is 49.4 Å². The lowest BCUT2D eigenvalue weighted by atomic mass is 10.0. The van der Waals surface area contributed by atoms with Gasteiger partial charge in [-0.25, -0.2) is 9.98 Å². The summed E-state index contributed by atoms with van der Waals surface area (Å²) in [5.41, 5.74) is 8.83. The fraction of sp³-hybridized carbons (Fsp3) is 0.0233. The summed E-state index contributed by atoms with van der Waals surface area (Å²) in [6.07, 6.45) is -0.477. The van der Waals surface area contributed by atoms with Crippen molar-refractivity contribution in [3.05, 3.63) is 187 Å². The van der Waals surface area contributed by atoms with E-state index in [0.717, 1.165) is 50.5 Å². The number of hydrogen-bond acceptors (Lipinski definition) is 3. The largest absolute Gasteiger partial charge is 0.324 e. The fourth-order valence-electron chi connectivity index (χ4n) is 6.76. The van der Waals surface area contributed by atoms with Gasteiger partial charge < -0.3 is 9.88 Å². The Bertz CT molecular complexity index is 2420. The number of nitrogens with zero attached hydrogens (tertiary/aromatic N) is 3. The normalized spacial score (nSPS) is 14.6. The lowest BCUT2D eigenvalue weighted by Crippen LogP contribution is -2.36. The molecule has 1 aromatic heterocycles. The van der Waals surface area contributed by atoms with E-state index in [1.165, 1.54) is 27.3 Å². The molecule has 0 amide bonds. The summed E-state index contributed by atoms with van der Waals surface area (Å²) in [5.74, 6) is 1.60. The Morgan fingerprint density at radius 2 is 0.872 bits per heavy atom. The molecule has 4 heteroatoms. The molecule has 7 aromatic carbocycles. The van der Waals surface area contributed by atoms with E-state index >= 15 is 0 Å². The zero-order valence-corrected chi connectivity index (χ0v) is 25.6. The highest BCUT2D eigenvalue weighted by Crippen LogP contribution is 2.38. The molecule has 0 saturated heterocycles. The molecule has 0 fully saturated rings. The maximum atomic E-state index is 5.34. The molecule has 8 aromatic rings. The van der Waals surface area contributed by atoms with Crippen molar-refractivity contribution in [3.63, 3.8) is 0 Å². The third kappa shape index (κ3) is 4.79. The van der Waals surface area contributed by atoms with E-state index in [4.69, 9.17) is 9.98 Å². The molecule has 1 aliphatic rings. The van der Waals surface area contributed by atoms with Crippen molar-refractivity contribution in [2.24, 2.45) is 9.98 Å². The fourth-order valence-corrected chi connectivity index (χ4v) is 6.76. The van der Waals surface area contributed by atoms with Crippen molar-refractivity contribution in [1.29, 1.82) is 0 Å². The molecule has 9 rings (SSSR count). The van der Waals surface area contributed by atoms with Gasteiger partial charge in [-0.1, -0.05) is 146 Å². The van der Waals surface area contributed by atoms with E-state index in [2.05, 4.69) is 155 Å². The Morgan fingerprint density at radius 1 is 0.426 bits per heavy atom. The van der Waals surface area contributed by atoms with Crippen LogP contribution in [0.3, 0.4) is 0 Å². The molecule has 0 spiro atoms. The molecule has 1 aliphatic heterocycles. The number of rotatable bonds is 5. The topological polar surface area (TPSA) is 41.7 Å². The van der Waals surface area contributed by atoms with Gasteiger partial charge in [0.25, 0.3) is 0 Å². The molecular formula is C43H30N4. The van der Waals surface area contributed by atoms with Crippen LogP contribution in [0.5, 0.6) is 0 Å². The van der Waals surface area contributed by atoms with Crippen LogP contribution in [0, 0.1) is 0 Å². The number of aliphatic imine (C=N–C) groups is 2. The molecule has 222 valence electrons. The minimum Gasteiger partial charge on any atom is -0.324 e. The van der Waals surface area contributed by atoms with Gasteiger partial charge in [0.2, 0.25) is 0 Å². The number of nitrogens with one attached hydrogen (secondary N) is 1. The van der Waals surface area contributed by atoms with Crippen molar-refractivity contribution < 1.29 is 0 Å². The summed E-state index contributed by atoms with van der Waals surface area (Å²) in [7, 11) is 0. The van der Waals surface area contributed by atoms with Gasteiger partial charge >= 0.3 is 0 Å². The number of hydrogen-bond donors (Lipinski definition) is 1. The molecule has 4 nitrogen and oxygen atoms in total. The number of fused-ring (bicyclic) bond motifs is 4. The van der Waals surface area contributed by atoms with Crippen molar-refractivity contribution >= 4 is 44.2 Å². The first kappa shape index (κ1) is 27.1. The lowest BCUT2D eigenvalue weighted by molar-refractivity contribution is 0.751. The first-order chi connectivity index (χ1) is 23.3. The molecular weight excluding hydrogens is 573 g/mol. The van der Waals surface area contributed by atoms with Crippen LogP contribution in [0.2, 0.25) is 0 Å². The van der Waals surface area contributed by atoms with Crippen LogP contribution in [0.4, 0.5) is 0 Å². The van der Waals surface area contributed by atoms with Crippen LogP contribution in [0.1, 0.15) is 22.9 Å². The number of amidine groups is 2. The van der Waals surface area contributed by atoms with Crippen molar-refractivity contribution in [2.45, 2.75) is 6.17 Å². The summed E-state index contributed by atoms with van der Waals surface area (Å²) in [6, 6.07) is 59.8. The quantitative estimate of drug-likeness (QED) is 0.209. The lowest BCUT2D eigenvalue weighted by Gasteiger charge is -2.25. The van der Waals surface area contributed by atoms with Gasteiger partial charge in [-0.05, 0) is 46.2 Å². The second kappa shape index (κ2) is 11.3. The Morgan fingerprint density at radius 3 is 1.49 bits per heavy atom. The van der Waals surface area contributed by atoms with Crippen LogP contribution in [0.15, 0.2) is 180 Å². The Kier molecular flexibility index (Phi) is 6.50. The van der Waals surface area contributed by atoms with Gasteiger partial charge in [-0.3, -0.25) is 0 Å². The number of benzene rings is 7. The van der Waals surface area contributed by atoms with E-state index in [1.54, 1.807) is 0 Å². The Hall–Kier alpha value is -6.26. The van der Waals surface area contributed by atoms with Crippen LogP contribution < -0.4 is 5.32 Å². The summed E-state index contributed by atoms with van der Waals surface area (Å²) in [5, 5.41) is 8.37. The molecule has 0 saturated carbocycles. The smallest absolute Gasteiger partial charge is 0.171 e. The average Bonchev–Trinajstić information content (AvgIpc) is 3.49. The van der Waals surface area contributed by atoms with Gasteiger partial charge in [0, 0.05) is 27.5 Å². The minimum absolute atomic E-state index is 0.477. The standard InChI is InChI=1S/C43H30N4/c1-3-13-29(14-4-1)30-23-25-32(26-24-30)42-44-41(31-15-5-2-6-16-31)45-43(46-42)37-27-33-17-7-8-18-34(33)28-40(37)47-38-21-11-9-19-35(38)36-20-10-12-22-39(36)47/h1-28,43H,(H,44,45,46). The van der Waals surface area contributed by atoms with Crippen LogP contribution in [-0.2, 0) is 0 Å². The number of aromatic nitrogens is 1. The highest BCUT2D eigenvalue weighted by molar-refractivity contribution is 6.16. The SMILES string of the molecule is c1ccc(C2=NC(c3cc4ccccc4cc3-n3c4ccccc4c4ccccc43)N=C(c3ccc(-c4ccccc4)cc3)N2)cc1. The van der Waals surface area contributed by atoms with E-state index in [-0.39, 0.29) is 0 Å². The van der Waals surface area contributed by atoms with Gasteiger partial charge in [-0.2, -0.15) is 0 Å². The predicted molar refractivity (Wildman–Crippen MR) is 196 cm³/mol. The van der Waals surface area contributed by atoms with E-state index in [0.29, 0.717) is 0 Å². The van der Waals surface area contributed by atoms with Gasteiger partial charge in [-0.15, -0.1) is 0 Å². The van der Waals surface area contributed by atoms with Crippen LogP contribution >= 0.6 is 0 Å². The summed E-state index contributed by atoms with van der Waals surface area (Å²) < 4.78 is 2.38. The Labute approximate surface area is 273 Å². The Balaban J connectivity index is 1.27. The molecule has 2 heterocycles. The molecule has 1 atom stereocenters. The van der Waals surface area contributed by atoms with Crippen molar-refractivity contribution in [2.75, 3.05) is 0 Å². The van der Waals surface area contributed by atoms with Gasteiger partial charge in [0.05, 0.1) is 16.7 Å². The average molecular weight is 603 g/mol. The third-order valence-electron chi connectivity index (χ3n) is 9.05. The molecule has 0 bridgehead atoms. The minimum atomic E-state index is -0.477. The first-order valence-electron chi connectivity index (χ1n) is 16.0. The van der Waals surface area contributed by atoms with E-state index in [9.17, 15) is 0 Å². The van der Waals surface area contributed by atoms with E-state index in [1.807, 2.05) is 24.3 Å². The molecule has 1 unspecified atom stereocenters. The molecule has 47 heavy (non-hydrogen) atoms. The highest BCUT2D eigenvalue weighted by Gasteiger charge is 2.25. The summed E-state index contributed by atoms with van der Waals surface area (Å²) >= 11 is 0. The summed E-state index contributed by atoms with van der Waals surface area (Å²) in [4.78, 5) is 10.6. The summed E-state index contributed by atoms with van der Waals surface area (Å²) in [6.45, 7) is 0. The van der Waals surface area contributed by atoms with Gasteiger partial charge in [0.1, 0.15) is 11.7 Å². The predicted octanol–water partition coefficient (Wildman–Crippen LogP) is 10.1. The third-order valence-corrected chi connectivity index (χ3v) is 9.05. The van der Waals surface area contributed by atoms with E-state index < -0.39 is 6.17 Å². The maximum Gasteiger partial charge on any atom is 0.171 e. The number of para-hydroxylation sites is 2. The van der Waals surface area contributed by atoms with Crippen LogP contribution in [-0.4, -0.2) is 16.2 Å². The monoisotopic (exact) mass is 602 g/mol. The molecule has 1 N–H and O–H groups in total. The highest BCUT2D eigenvalue weighted by atomic mass is 15.2. The maximum absolute atomic E-state index is 5.34. The van der Waals surface area contributed by atoms with Gasteiger partial charge in [0.15, 0.2) is 6.17 Å². The zero-order valence-electron chi connectivity index (χ0n) is 25.6. The molecule has 0 aliphatic carbocycles. The second-order valence-corrected chi connectivity index (χ2v) is 11.9. The second-order valence-electron chi connectivity index (χ2n) is 11.9. The van der Waals surface area contributed by atoms with Crippen molar-refractivity contribution in [1.82, 2.24) is 9.88 Å².